The predicted octanol–water partition coefficient (Wildman–Crippen LogP) is 13.5. The minimum Gasteiger partial charge on any atom is -0.374 e. The van der Waals surface area contributed by atoms with Crippen molar-refractivity contribution < 1.29 is 9.47 Å². The van der Waals surface area contributed by atoms with E-state index in [1.54, 1.807) is 0 Å². The Labute approximate surface area is 294 Å². The molecule has 0 amide bonds. The first-order valence-electron chi connectivity index (χ1n) is 20.9. The average Bonchev–Trinajstić information content (AvgIpc) is 3.53. The van der Waals surface area contributed by atoms with Crippen LogP contribution in [0.3, 0.4) is 0 Å². The van der Waals surface area contributed by atoms with Gasteiger partial charge >= 0.3 is 0 Å². The number of allylic oxidation sites excluding steroid dienone is 8. The van der Waals surface area contributed by atoms with Crippen molar-refractivity contribution in [3.63, 3.8) is 0 Å². The van der Waals surface area contributed by atoms with E-state index in [1.807, 2.05) is 0 Å². The molecule has 1 heterocycles. The molecule has 1 rings (SSSR count). The topological polar surface area (TPSA) is 30.5 Å². The van der Waals surface area contributed by atoms with Crippen LogP contribution in [0.4, 0.5) is 0 Å². The van der Waals surface area contributed by atoms with Gasteiger partial charge in [-0.05, 0) is 77.0 Å². The average molecular weight is 656 g/mol. The SMILES string of the molecule is CCCCCC=CCC=CCCCCCCCCCCO[C@@H]1CNC[C@H]1OCCCCCCCCCCC=CCC=CCCCCC. The largest absolute Gasteiger partial charge is 0.374 e. The van der Waals surface area contributed by atoms with Crippen molar-refractivity contribution in [2.24, 2.45) is 0 Å². The number of rotatable bonds is 36. The van der Waals surface area contributed by atoms with Crippen LogP contribution in [0.1, 0.15) is 194 Å². The fraction of sp³-hybridized carbons (Fsp3) is 0.818. The van der Waals surface area contributed by atoms with Crippen LogP contribution in [0.2, 0.25) is 0 Å². The highest BCUT2D eigenvalue weighted by Gasteiger charge is 2.28. The Morgan fingerprint density at radius 1 is 0.383 bits per heavy atom. The van der Waals surface area contributed by atoms with Gasteiger partial charge in [-0.3, -0.25) is 0 Å². The molecular weight excluding hydrogens is 574 g/mol. The molecular formula is C44H81NO2. The number of ether oxygens (including phenoxy) is 2. The van der Waals surface area contributed by atoms with Gasteiger partial charge in [-0.15, -0.1) is 0 Å². The van der Waals surface area contributed by atoms with Gasteiger partial charge in [0.15, 0.2) is 0 Å². The van der Waals surface area contributed by atoms with Crippen molar-refractivity contribution in [1.82, 2.24) is 5.32 Å². The summed E-state index contributed by atoms with van der Waals surface area (Å²) in [6.07, 6.45) is 56.0. The molecule has 0 aromatic rings. The van der Waals surface area contributed by atoms with Crippen molar-refractivity contribution in [3.05, 3.63) is 48.6 Å². The first-order chi connectivity index (χ1) is 23.4. The molecule has 0 spiro atoms. The lowest BCUT2D eigenvalue weighted by Gasteiger charge is -2.20. The van der Waals surface area contributed by atoms with Gasteiger partial charge in [-0.2, -0.15) is 0 Å². The molecule has 0 aliphatic carbocycles. The van der Waals surface area contributed by atoms with Gasteiger partial charge < -0.3 is 14.8 Å². The highest BCUT2D eigenvalue weighted by Crippen LogP contribution is 2.15. The summed E-state index contributed by atoms with van der Waals surface area (Å²) < 4.78 is 12.5. The van der Waals surface area contributed by atoms with Crippen LogP contribution in [0.15, 0.2) is 48.6 Å². The van der Waals surface area contributed by atoms with Gasteiger partial charge in [0.1, 0.15) is 0 Å². The van der Waals surface area contributed by atoms with E-state index in [-0.39, 0.29) is 12.2 Å². The monoisotopic (exact) mass is 656 g/mol. The Morgan fingerprint density at radius 2 is 0.681 bits per heavy atom. The molecule has 0 aromatic carbocycles. The number of nitrogens with one attached hydrogen (secondary N) is 1. The Morgan fingerprint density at radius 3 is 1.02 bits per heavy atom. The van der Waals surface area contributed by atoms with Crippen LogP contribution >= 0.6 is 0 Å². The summed E-state index contributed by atoms with van der Waals surface area (Å²) >= 11 is 0. The second-order valence-electron chi connectivity index (χ2n) is 14.1. The maximum absolute atomic E-state index is 6.23. The summed E-state index contributed by atoms with van der Waals surface area (Å²) in [7, 11) is 0. The molecule has 3 nitrogen and oxygen atoms in total. The normalized spacial score (nSPS) is 17.1. The third kappa shape index (κ3) is 31.8. The number of hydrogen-bond donors (Lipinski definition) is 1. The van der Waals surface area contributed by atoms with Gasteiger partial charge in [0, 0.05) is 26.3 Å². The zero-order valence-electron chi connectivity index (χ0n) is 31.7. The van der Waals surface area contributed by atoms with Gasteiger partial charge in [-0.25, -0.2) is 0 Å². The van der Waals surface area contributed by atoms with E-state index in [1.165, 1.54) is 167 Å². The molecule has 1 fully saturated rings. The molecule has 1 aliphatic heterocycles. The standard InChI is InChI=1S/C44H81NO2/c1-3-5-7-9-11-13-15-17-19-21-23-25-27-29-31-33-35-37-39-46-43-41-45-42-44(43)47-40-38-36-34-32-30-28-26-24-22-20-18-16-14-12-10-8-6-4-2/h11-14,17-20,43-45H,3-10,15-16,21-42H2,1-2H3/t43-,44-/m1/s1. The molecule has 0 aromatic heterocycles. The fourth-order valence-electron chi connectivity index (χ4n) is 6.32. The molecule has 2 atom stereocenters. The molecule has 0 saturated carbocycles. The van der Waals surface area contributed by atoms with Crippen molar-refractivity contribution in [2.45, 2.75) is 206 Å². The summed E-state index contributed by atoms with van der Waals surface area (Å²) in [5.74, 6) is 0. The molecule has 1 saturated heterocycles. The summed E-state index contributed by atoms with van der Waals surface area (Å²) in [6, 6.07) is 0. The fourth-order valence-corrected chi connectivity index (χ4v) is 6.32. The van der Waals surface area contributed by atoms with Gasteiger partial charge in [0.2, 0.25) is 0 Å². The molecule has 0 radical (unpaired) electrons. The maximum atomic E-state index is 6.23. The van der Waals surface area contributed by atoms with Crippen molar-refractivity contribution in [3.8, 4) is 0 Å². The number of unbranched alkanes of at least 4 members (excludes halogenated alkanes) is 22. The lowest BCUT2D eigenvalue weighted by Crippen LogP contribution is -2.30. The summed E-state index contributed by atoms with van der Waals surface area (Å²) in [4.78, 5) is 0. The third-order valence-electron chi connectivity index (χ3n) is 9.46. The minimum atomic E-state index is 0.243. The summed E-state index contributed by atoms with van der Waals surface area (Å²) in [6.45, 7) is 8.20. The number of hydrogen-bond acceptors (Lipinski definition) is 3. The van der Waals surface area contributed by atoms with E-state index in [9.17, 15) is 0 Å². The molecule has 0 bridgehead atoms. The van der Waals surface area contributed by atoms with Crippen molar-refractivity contribution in [2.75, 3.05) is 26.3 Å². The van der Waals surface area contributed by atoms with Gasteiger partial charge in [0.05, 0.1) is 12.2 Å². The van der Waals surface area contributed by atoms with Crippen LogP contribution in [-0.2, 0) is 9.47 Å². The maximum Gasteiger partial charge on any atom is 0.0973 e. The van der Waals surface area contributed by atoms with Crippen molar-refractivity contribution in [1.29, 1.82) is 0 Å². The first kappa shape index (κ1) is 43.9. The molecule has 1 N–H and O–H groups in total. The molecule has 274 valence electrons. The van der Waals surface area contributed by atoms with E-state index < -0.39 is 0 Å². The highest BCUT2D eigenvalue weighted by molar-refractivity contribution is 4.93. The van der Waals surface area contributed by atoms with Gasteiger partial charge in [0.25, 0.3) is 0 Å². The zero-order valence-corrected chi connectivity index (χ0v) is 31.7. The molecule has 3 heteroatoms. The van der Waals surface area contributed by atoms with E-state index >= 15 is 0 Å². The van der Waals surface area contributed by atoms with Crippen LogP contribution in [0.25, 0.3) is 0 Å². The van der Waals surface area contributed by atoms with E-state index in [0.717, 1.165) is 39.1 Å². The van der Waals surface area contributed by atoms with E-state index in [4.69, 9.17) is 9.47 Å². The quantitative estimate of drug-likeness (QED) is 0.0538. The summed E-state index contributed by atoms with van der Waals surface area (Å²) in [5.41, 5.74) is 0. The smallest absolute Gasteiger partial charge is 0.0973 e. The van der Waals surface area contributed by atoms with Gasteiger partial charge in [-0.1, -0.05) is 165 Å². The second-order valence-corrected chi connectivity index (χ2v) is 14.1. The molecule has 0 unspecified atom stereocenters. The molecule has 1 aliphatic rings. The van der Waals surface area contributed by atoms with Crippen LogP contribution in [-0.4, -0.2) is 38.5 Å². The Hall–Kier alpha value is -1.16. The first-order valence-corrected chi connectivity index (χ1v) is 20.9. The zero-order chi connectivity index (χ0) is 33.6. The Kier molecular flexibility index (Phi) is 35.1. The van der Waals surface area contributed by atoms with Crippen LogP contribution < -0.4 is 5.32 Å². The lowest BCUT2D eigenvalue weighted by atomic mass is 10.1. The third-order valence-corrected chi connectivity index (χ3v) is 9.46. The predicted molar refractivity (Wildman–Crippen MR) is 210 cm³/mol. The van der Waals surface area contributed by atoms with E-state index in [0.29, 0.717) is 0 Å². The lowest BCUT2D eigenvalue weighted by molar-refractivity contribution is -0.0481. The minimum absolute atomic E-state index is 0.243. The van der Waals surface area contributed by atoms with Crippen LogP contribution in [0.5, 0.6) is 0 Å². The molecule has 47 heavy (non-hydrogen) atoms. The summed E-state index contributed by atoms with van der Waals surface area (Å²) in [5, 5.41) is 3.48. The Bertz CT molecular complexity index is 666. The van der Waals surface area contributed by atoms with E-state index in [2.05, 4.69) is 67.8 Å². The highest BCUT2D eigenvalue weighted by atomic mass is 16.5. The van der Waals surface area contributed by atoms with Crippen molar-refractivity contribution >= 4 is 0 Å². The second kappa shape index (κ2) is 37.7. The van der Waals surface area contributed by atoms with Crippen LogP contribution in [0, 0.1) is 0 Å². The Balaban J connectivity index is 1.82.